The van der Waals surface area contributed by atoms with Gasteiger partial charge in [-0.25, -0.2) is 0 Å². The highest BCUT2D eigenvalue weighted by molar-refractivity contribution is 7.99. The molecule has 23 heavy (non-hydrogen) atoms. The van der Waals surface area contributed by atoms with Gasteiger partial charge in [-0.2, -0.15) is 23.5 Å². The van der Waals surface area contributed by atoms with Gasteiger partial charge in [0.1, 0.15) is 6.61 Å². The Kier molecular flexibility index (Phi) is 10.4. The van der Waals surface area contributed by atoms with Crippen LogP contribution in [0.25, 0.3) is 0 Å². The molecule has 0 bridgehead atoms. The van der Waals surface area contributed by atoms with Crippen LogP contribution in [-0.4, -0.2) is 55.2 Å². The van der Waals surface area contributed by atoms with Gasteiger partial charge in [-0.3, -0.25) is 9.59 Å². The van der Waals surface area contributed by atoms with Crippen molar-refractivity contribution in [3.05, 3.63) is 30.3 Å². The molecule has 128 valence electrons. The first-order valence-electron chi connectivity index (χ1n) is 7.26. The van der Waals surface area contributed by atoms with Crippen molar-refractivity contribution >= 4 is 41.1 Å². The average molecular weight is 357 g/mol. The predicted molar refractivity (Wildman–Crippen MR) is 97.2 cm³/mol. The number of anilines is 1. The molecule has 0 radical (unpaired) electrons. The van der Waals surface area contributed by atoms with Gasteiger partial charge in [0.15, 0.2) is 0 Å². The van der Waals surface area contributed by atoms with Gasteiger partial charge in [-0.05, 0) is 24.6 Å². The lowest BCUT2D eigenvalue weighted by Crippen LogP contribution is -2.29. The molecule has 1 atom stereocenters. The van der Waals surface area contributed by atoms with E-state index in [1.807, 2.05) is 42.8 Å². The Hall–Kier alpha value is -1.34. The van der Waals surface area contributed by atoms with Crippen molar-refractivity contribution in [2.45, 2.75) is 12.5 Å². The van der Waals surface area contributed by atoms with Crippen LogP contribution in [0, 0.1) is 0 Å². The van der Waals surface area contributed by atoms with Crippen LogP contribution < -0.4 is 5.32 Å². The van der Waals surface area contributed by atoms with Crippen LogP contribution in [0.5, 0.6) is 0 Å². The third kappa shape index (κ3) is 9.40. The largest absolute Gasteiger partial charge is 0.465 e. The maximum absolute atomic E-state index is 11.5. The fourth-order valence-corrected chi connectivity index (χ4v) is 2.43. The molecule has 0 aliphatic carbocycles. The standard InChI is InChI=1S/C16H23NO4S2/c1-22-11-15(18)20-9-8-14(10-21-16(19)12-23-2)17-13-6-4-3-5-7-13/h3-7,14,17H,8-12H2,1-2H3. The molecule has 0 fully saturated rings. The molecule has 0 aliphatic rings. The molecule has 0 spiro atoms. The molecule has 0 heterocycles. The Morgan fingerprint density at radius 1 is 1.04 bits per heavy atom. The zero-order valence-electron chi connectivity index (χ0n) is 13.4. The second-order valence-corrected chi connectivity index (χ2v) is 6.50. The lowest BCUT2D eigenvalue weighted by molar-refractivity contribution is -0.143. The van der Waals surface area contributed by atoms with E-state index in [1.54, 1.807) is 0 Å². The van der Waals surface area contributed by atoms with Gasteiger partial charge >= 0.3 is 11.9 Å². The second kappa shape index (κ2) is 12.1. The quantitative estimate of drug-likeness (QED) is 0.611. The third-order valence-corrected chi connectivity index (χ3v) is 3.89. The molecule has 5 nitrogen and oxygen atoms in total. The number of nitrogens with one attached hydrogen (secondary N) is 1. The van der Waals surface area contributed by atoms with Crippen LogP contribution in [0.4, 0.5) is 5.69 Å². The van der Waals surface area contributed by atoms with Gasteiger partial charge < -0.3 is 14.8 Å². The molecule has 0 saturated carbocycles. The number of thioether (sulfide) groups is 2. The Morgan fingerprint density at radius 2 is 1.65 bits per heavy atom. The molecule has 1 unspecified atom stereocenters. The van der Waals surface area contributed by atoms with Gasteiger partial charge in [-0.1, -0.05) is 18.2 Å². The number of carbonyl (C=O) groups is 2. The summed E-state index contributed by atoms with van der Waals surface area (Å²) in [6, 6.07) is 9.57. The fourth-order valence-electron chi connectivity index (χ4n) is 1.79. The summed E-state index contributed by atoms with van der Waals surface area (Å²) < 4.78 is 10.4. The van der Waals surface area contributed by atoms with Crippen LogP contribution in [0.15, 0.2) is 30.3 Å². The number of esters is 2. The summed E-state index contributed by atoms with van der Waals surface area (Å²) in [5.41, 5.74) is 0.939. The first-order chi connectivity index (χ1) is 11.2. The zero-order chi connectivity index (χ0) is 16.9. The number of para-hydroxylation sites is 1. The van der Waals surface area contributed by atoms with Gasteiger partial charge in [0.25, 0.3) is 0 Å². The molecular weight excluding hydrogens is 334 g/mol. The van der Waals surface area contributed by atoms with Crippen LogP contribution in [0.1, 0.15) is 6.42 Å². The van der Waals surface area contributed by atoms with E-state index in [2.05, 4.69) is 5.32 Å². The molecule has 1 aromatic rings. The van der Waals surface area contributed by atoms with Gasteiger partial charge in [0.2, 0.25) is 0 Å². The summed E-state index contributed by atoms with van der Waals surface area (Å²) in [5, 5.41) is 3.30. The van der Waals surface area contributed by atoms with E-state index in [-0.39, 0.29) is 24.6 Å². The number of ether oxygens (including phenoxy) is 2. The van der Waals surface area contributed by atoms with Crippen LogP contribution in [-0.2, 0) is 19.1 Å². The van der Waals surface area contributed by atoms with E-state index < -0.39 is 0 Å². The maximum Gasteiger partial charge on any atom is 0.315 e. The second-order valence-electron chi connectivity index (χ2n) is 4.77. The van der Waals surface area contributed by atoms with Crippen molar-refractivity contribution < 1.29 is 19.1 Å². The summed E-state index contributed by atoms with van der Waals surface area (Å²) >= 11 is 2.85. The number of carbonyl (C=O) groups excluding carboxylic acids is 2. The van der Waals surface area contributed by atoms with E-state index in [1.165, 1.54) is 23.5 Å². The van der Waals surface area contributed by atoms with Crippen molar-refractivity contribution in [2.75, 3.05) is 42.5 Å². The predicted octanol–water partition coefficient (Wildman–Crippen LogP) is 2.67. The lowest BCUT2D eigenvalue weighted by Gasteiger charge is -2.20. The molecule has 1 N–H and O–H groups in total. The fraction of sp³-hybridized carbons (Fsp3) is 0.500. The molecule has 0 aromatic heterocycles. The number of benzene rings is 1. The highest BCUT2D eigenvalue weighted by Crippen LogP contribution is 2.10. The molecule has 0 aliphatic heterocycles. The third-order valence-electron chi connectivity index (χ3n) is 2.84. The molecule has 1 aromatic carbocycles. The Labute approximate surface area is 145 Å². The average Bonchev–Trinajstić information content (AvgIpc) is 2.54. The number of rotatable bonds is 11. The van der Waals surface area contributed by atoms with Crippen LogP contribution in [0.2, 0.25) is 0 Å². The molecule has 7 heteroatoms. The zero-order valence-corrected chi connectivity index (χ0v) is 15.1. The van der Waals surface area contributed by atoms with Gasteiger partial charge in [0.05, 0.1) is 24.2 Å². The molecule has 0 amide bonds. The highest BCUT2D eigenvalue weighted by Gasteiger charge is 2.13. The number of hydrogen-bond acceptors (Lipinski definition) is 7. The van der Waals surface area contributed by atoms with Crippen molar-refractivity contribution in [2.24, 2.45) is 0 Å². The Balaban J connectivity index is 2.47. The molecule has 0 saturated heterocycles. The summed E-state index contributed by atoms with van der Waals surface area (Å²) in [7, 11) is 0. The van der Waals surface area contributed by atoms with Gasteiger partial charge in [-0.15, -0.1) is 0 Å². The van der Waals surface area contributed by atoms with Crippen molar-refractivity contribution in [1.82, 2.24) is 0 Å². The summed E-state index contributed by atoms with van der Waals surface area (Å²) in [5.74, 6) is 0.215. The van der Waals surface area contributed by atoms with Crippen molar-refractivity contribution in [3.8, 4) is 0 Å². The summed E-state index contributed by atoms with van der Waals surface area (Å²) in [6.45, 7) is 0.540. The summed E-state index contributed by atoms with van der Waals surface area (Å²) in [4.78, 5) is 22.9. The summed E-state index contributed by atoms with van der Waals surface area (Å²) in [6.07, 6.45) is 4.28. The minimum atomic E-state index is -0.239. The van der Waals surface area contributed by atoms with E-state index in [0.717, 1.165) is 5.69 Å². The van der Waals surface area contributed by atoms with Crippen LogP contribution in [0.3, 0.4) is 0 Å². The Morgan fingerprint density at radius 3 is 2.26 bits per heavy atom. The minimum absolute atomic E-state index is 0.106. The first-order valence-corrected chi connectivity index (χ1v) is 10.0. The minimum Gasteiger partial charge on any atom is -0.465 e. The maximum atomic E-state index is 11.5. The Bertz CT molecular complexity index is 470. The van der Waals surface area contributed by atoms with E-state index in [0.29, 0.717) is 24.5 Å². The van der Waals surface area contributed by atoms with Crippen molar-refractivity contribution in [1.29, 1.82) is 0 Å². The SMILES string of the molecule is CSCC(=O)OCCC(COC(=O)CSC)Nc1ccccc1. The highest BCUT2D eigenvalue weighted by atomic mass is 32.2. The monoisotopic (exact) mass is 357 g/mol. The normalized spacial score (nSPS) is 11.6. The molecule has 1 rings (SSSR count). The topological polar surface area (TPSA) is 64.6 Å². The first kappa shape index (κ1) is 19.7. The number of hydrogen-bond donors (Lipinski definition) is 1. The lowest BCUT2D eigenvalue weighted by atomic mass is 10.2. The van der Waals surface area contributed by atoms with E-state index in [9.17, 15) is 9.59 Å². The van der Waals surface area contributed by atoms with E-state index >= 15 is 0 Å². The van der Waals surface area contributed by atoms with Crippen molar-refractivity contribution in [3.63, 3.8) is 0 Å². The smallest absolute Gasteiger partial charge is 0.315 e. The van der Waals surface area contributed by atoms with Gasteiger partial charge in [0, 0.05) is 12.1 Å². The molecular formula is C16H23NO4S2. The van der Waals surface area contributed by atoms with Crippen LogP contribution >= 0.6 is 23.5 Å². The van der Waals surface area contributed by atoms with E-state index in [4.69, 9.17) is 9.47 Å².